The molecule has 1 heterocycles. The Morgan fingerprint density at radius 1 is 0.941 bits per heavy atom. The van der Waals surface area contributed by atoms with E-state index in [2.05, 4.69) is 46.4 Å². The molecular formula is C25H23N4NaO3S. The Kier molecular flexibility index (Phi) is 8.57. The van der Waals surface area contributed by atoms with Gasteiger partial charge < -0.3 is 10.3 Å². The van der Waals surface area contributed by atoms with Gasteiger partial charge in [-0.25, -0.2) is 8.42 Å². The van der Waals surface area contributed by atoms with Gasteiger partial charge >= 0.3 is 29.6 Å². The van der Waals surface area contributed by atoms with Crippen LogP contribution in [-0.2, 0) is 16.5 Å². The molecule has 0 atom stereocenters. The molecule has 0 aliphatic carbocycles. The van der Waals surface area contributed by atoms with Gasteiger partial charge in [-0.1, -0.05) is 61.9 Å². The summed E-state index contributed by atoms with van der Waals surface area (Å²) in [4.78, 5) is 3.87. The number of hydrogen-bond donors (Lipinski definition) is 1. The van der Waals surface area contributed by atoms with Crippen LogP contribution in [0.15, 0.2) is 88.2 Å². The third kappa shape index (κ3) is 5.89. The number of nitrogens with two attached hydrogens (primary N) is 1. The van der Waals surface area contributed by atoms with Crippen molar-refractivity contribution < 1.29 is 42.5 Å². The van der Waals surface area contributed by atoms with E-state index in [1.807, 2.05) is 6.07 Å². The standard InChI is InChI=1S/C25H24N4O3S.Na/c1-2-3-6-17-9-11-18(12-10-17)19-13-20(16-27-15-19)28-29-23-14-24(33(30,31)32)21-7-4-5-8-22(21)25(23)26;/h4-5,7-16H,2-3,6,26H2,1H3,(H,30,31,32);/q;+1/p-1. The fourth-order valence-corrected chi connectivity index (χ4v) is 4.34. The molecule has 0 spiro atoms. The van der Waals surface area contributed by atoms with Crippen LogP contribution in [0.5, 0.6) is 0 Å². The molecule has 4 aromatic rings. The fraction of sp³-hybridized carbons (Fsp3) is 0.160. The van der Waals surface area contributed by atoms with E-state index in [0.717, 1.165) is 36.5 Å². The molecular weight excluding hydrogens is 459 g/mol. The number of fused-ring (bicyclic) bond motifs is 1. The van der Waals surface area contributed by atoms with E-state index in [0.29, 0.717) is 11.1 Å². The molecule has 0 radical (unpaired) electrons. The average molecular weight is 483 g/mol. The SMILES string of the molecule is CCCCc1ccc(-c2cncc(N=Nc3cc(S(=O)(=O)[O-])c4ccccc4c3N)c2)cc1.[Na+]. The smallest absolute Gasteiger partial charge is 0.744 e. The van der Waals surface area contributed by atoms with Crippen molar-refractivity contribution in [3.63, 3.8) is 0 Å². The number of unbranched alkanes of at least 4 members (excludes halogenated alkanes) is 1. The van der Waals surface area contributed by atoms with Gasteiger partial charge in [0.15, 0.2) is 0 Å². The van der Waals surface area contributed by atoms with Crippen LogP contribution in [0, 0.1) is 0 Å². The first-order chi connectivity index (χ1) is 15.9. The second kappa shape index (κ2) is 11.2. The summed E-state index contributed by atoms with van der Waals surface area (Å²) in [5.41, 5.74) is 10.2. The molecule has 2 N–H and O–H groups in total. The maximum atomic E-state index is 11.8. The molecule has 0 fully saturated rings. The quantitative estimate of drug-likeness (QED) is 0.188. The van der Waals surface area contributed by atoms with Crippen molar-refractivity contribution in [2.24, 2.45) is 10.2 Å². The van der Waals surface area contributed by atoms with Gasteiger partial charge in [0, 0.05) is 22.5 Å². The van der Waals surface area contributed by atoms with Crippen LogP contribution in [0.3, 0.4) is 0 Å². The number of nitrogens with zero attached hydrogens (tertiary/aromatic N) is 3. The fourth-order valence-electron chi connectivity index (χ4n) is 3.64. The number of benzene rings is 3. The minimum absolute atomic E-state index is 0. The van der Waals surface area contributed by atoms with Crippen LogP contribution in [-0.4, -0.2) is 18.0 Å². The van der Waals surface area contributed by atoms with Crippen LogP contribution >= 0.6 is 0 Å². The molecule has 1 aromatic heterocycles. The Morgan fingerprint density at radius 2 is 1.65 bits per heavy atom. The zero-order valence-corrected chi connectivity index (χ0v) is 21.9. The van der Waals surface area contributed by atoms with Crippen molar-refractivity contribution in [1.29, 1.82) is 0 Å². The summed E-state index contributed by atoms with van der Waals surface area (Å²) in [6.07, 6.45) is 6.65. The first-order valence-corrected chi connectivity index (χ1v) is 12.0. The number of aryl methyl sites for hydroxylation is 1. The topological polar surface area (TPSA) is 121 Å². The van der Waals surface area contributed by atoms with Crippen molar-refractivity contribution in [3.05, 3.63) is 78.6 Å². The van der Waals surface area contributed by atoms with Gasteiger partial charge in [0.2, 0.25) is 0 Å². The molecule has 0 aliphatic rings. The van der Waals surface area contributed by atoms with Crippen LogP contribution in [0.2, 0.25) is 0 Å². The van der Waals surface area contributed by atoms with Gasteiger partial charge in [-0.2, -0.15) is 0 Å². The molecule has 9 heteroatoms. The minimum Gasteiger partial charge on any atom is -0.744 e. The molecule has 0 unspecified atom stereocenters. The van der Waals surface area contributed by atoms with E-state index in [1.165, 1.54) is 11.6 Å². The predicted molar refractivity (Wildman–Crippen MR) is 129 cm³/mol. The van der Waals surface area contributed by atoms with E-state index in [9.17, 15) is 13.0 Å². The Labute approximate surface area is 221 Å². The molecule has 0 aliphatic heterocycles. The Balaban J connectivity index is 0.00000324. The zero-order chi connectivity index (χ0) is 23.4. The molecule has 34 heavy (non-hydrogen) atoms. The van der Waals surface area contributed by atoms with Crippen molar-refractivity contribution in [2.75, 3.05) is 5.73 Å². The summed E-state index contributed by atoms with van der Waals surface area (Å²) < 4.78 is 35.4. The second-order valence-electron chi connectivity index (χ2n) is 7.74. The average Bonchev–Trinajstić information content (AvgIpc) is 2.82. The monoisotopic (exact) mass is 482 g/mol. The van der Waals surface area contributed by atoms with E-state index >= 15 is 0 Å². The molecule has 3 aromatic carbocycles. The third-order valence-electron chi connectivity index (χ3n) is 5.40. The Bertz CT molecular complexity index is 1440. The number of azo groups is 1. The summed E-state index contributed by atoms with van der Waals surface area (Å²) >= 11 is 0. The van der Waals surface area contributed by atoms with E-state index in [4.69, 9.17) is 5.73 Å². The van der Waals surface area contributed by atoms with Gasteiger partial charge in [-0.3, -0.25) is 4.98 Å². The maximum absolute atomic E-state index is 11.8. The summed E-state index contributed by atoms with van der Waals surface area (Å²) in [5, 5.41) is 9.03. The summed E-state index contributed by atoms with van der Waals surface area (Å²) in [7, 11) is -4.72. The van der Waals surface area contributed by atoms with Crippen molar-refractivity contribution in [2.45, 2.75) is 31.1 Å². The molecule has 0 amide bonds. The molecule has 0 saturated heterocycles. The van der Waals surface area contributed by atoms with Gasteiger partial charge in [-0.05, 0) is 36.1 Å². The van der Waals surface area contributed by atoms with Crippen molar-refractivity contribution >= 4 is 38.0 Å². The number of hydrogen-bond acceptors (Lipinski definition) is 7. The number of aromatic nitrogens is 1. The molecule has 0 bridgehead atoms. The molecule has 168 valence electrons. The summed E-state index contributed by atoms with van der Waals surface area (Å²) in [6, 6.07) is 17.9. The van der Waals surface area contributed by atoms with Crippen LogP contribution in [0.25, 0.3) is 21.9 Å². The Hall–Kier alpha value is -2.62. The van der Waals surface area contributed by atoms with Crippen molar-refractivity contribution in [1.82, 2.24) is 4.98 Å². The minimum atomic E-state index is -4.72. The first kappa shape index (κ1) is 26.0. The van der Waals surface area contributed by atoms with Gasteiger partial charge in [0.1, 0.15) is 21.5 Å². The van der Waals surface area contributed by atoms with Crippen molar-refractivity contribution in [3.8, 4) is 11.1 Å². The van der Waals surface area contributed by atoms with Gasteiger partial charge in [-0.15, -0.1) is 10.2 Å². The first-order valence-electron chi connectivity index (χ1n) is 10.6. The maximum Gasteiger partial charge on any atom is 1.00 e. The van der Waals surface area contributed by atoms with Crippen LogP contribution in [0.4, 0.5) is 17.1 Å². The number of anilines is 1. The zero-order valence-electron chi connectivity index (χ0n) is 19.1. The predicted octanol–water partition coefficient (Wildman–Crippen LogP) is 3.15. The van der Waals surface area contributed by atoms with E-state index in [1.54, 1.807) is 30.6 Å². The van der Waals surface area contributed by atoms with E-state index < -0.39 is 10.1 Å². The molecule has 0 saturated carbocycles. The van der Waals surface area contributed by atoms with Crippen LogP contribution in [0.1, 0.15) is 25.3 Å². The molecule has 7 nitrogen and oxygen atoms in total. The third-order valence-corrected chi connectivity index (χ3v) is 6.28. The second-order valence-corrected chi connectivity index (χ2v) is 9.09. The Morgan fingerprint density at radius 3 is 2.32 bits per heavy atom. The molecule has 4 rings (SSSR count). The number of rotatable bonds is 7. The summed E-state index contributed by atoms with van der Waals surface area (Å²) in [6.45, 7) is 2.17. The number of pyridine rings is 1. The summed E-state index contributed by atoms with van der Waals surface area (Å²) in [5.74, 6) is 0. The number of nitrogen functional groups attached to an aromatic ring is 1. The largest absolute Gasteiger partial charge is 1.00 e. The van der Waals surface area contributed by atoms with Gasteiger partial charge in [0.25, 0.3) is 0 Å². The van der Waals surface area contributed by atoms with E-state index in [-0.39, 0.29) is 51.2 Å². The normalized spacial score (nSPS) is 11.6. The van der Waals surface area contributed by atoms with Gasteiger partial charge in [0.05, 0.1) is 16.8 Å². The van der Waals surface area contributed by atoms with Crippen LogP contribution < -0.4 is 35.3 Å².